The van der Waals surface area contributed by atoms with Crippen LogP contribution in [0.5, 0.6) is 0 Å². The fourth-order valence-electron chi connectivity index (χ4n) is 9.16. The number of fused-ring (bicyclic) bond motifs is 1. The van der Waals surface area contributed by atoms with E-state index >= 15 is 0 Å². The van der Waals surface area contributed by atoms with E-state index in [1.807, 2.05) is 0 Å². The van der Waals surface area contributed by atoms with E-state index in [-0.39, 0.29) is 46.9 Å². The van der Waals surface area contributed by atoms with Gasteiger partial charge in [0.1, 0.15) is 5.78 Å². The summed E-state index contributed by atoms with van der Waals surface area (Å²) in [6.45, 7) is 6.32. The molecule has 2 aliphatic heterocycles. The van der Waals surface area contributed by atoms with Crippen LogP contribution in [0.4, 0.5) is 0 Å². The molecule has 0 radical (unpaired) electrons. The Morgan fingerprint density at radius 1 is 1.25 bits per heavy atom. The van der Waals surface area contributed by atoms with E-state index in [1.54, 1.807) is 0 Å². The highest BCUT2D eigenvalue weighted by atomic mass is 16.5. The van der Waals surface area contributed by atoms with Crippen molar-refractivity contribution in [2.75, 3.05) is 20.2 Å². The topological polar surface area (TPSA) is 66.8 Å². The molecule has 28 heavy (non-hydrogen) atoms. The fraction of sp³-hybridized carbons (Fsp3) is 0.826. The van der Waals surface area contributed by atoms with Crippen molar-refractivity contribution < 1.29 is 19.4 Å². The lowest BCUT2D eigenvalue weighted by Gasteiger charge is -2.61. The van der Waals surface area contributed by atoms with Crippen LogP contribution in [-0.2, 0) is 14.3 Å². The number of ether oxygens (including phenoxy) is 1. The molecule has 4 fully saturated rings. The molecule has 0 aromatic carbocycles. The average molecular weight is 386 g/mol. The lowest BCUT2D eigenvalue weighted by molar-refractivity contribution is -0.179. The second-order valence-corrected chi connectivity index (χ2v) is 10.7. The van der Waals surface area contributed by atoms with Crippen molar-refractivity contribution in [3.63, 3.8) is 0 Å². The third kappa shape index (κ3) is 1.63. The fourth-order valence-corrected chi connectivity index (χ4v) is 9.16. The zero-order valence-corrected chi connectivity index (χ0v) is 17.1. The third-order valence-corrected chi connectivity index (χ3v) is 10.1. The maximum absolute atomic E-state index is 14.3. The highest BCUT2D eigenvalue weighted by Gasteiger charge is 2.78. The number of aliphatic hydroxyl groups excluding tert-OH is 1. The molecule has 5 heteroatoms. The van der Waals surface area contributed by atoms with E-state index in [1.165, 1.54) is 18.3 Å². The molecule has 0 aromatic heterocycles. The monoisotopic (exact) mass is 385 g/mol. The van der Waals surface area contributed by atoms with Gasteiger partial charge < -0.3 is 9.84 Å². The predicted molar refractivity (Wildman–Crippen MR) is 102 cm³/mol. The Balaban J connectivity index is 1.63. The third-order valence-electron chi connectivity index (χ3n) is 10.1. The summed E-state index contributed by atoms with van der Waals surface area (Å²) in [5.41, 5.74) is 1.95. The molecule has 6 aliphatic rings. The Kier molecular flexibility index (Phi) is 3.33. The van der Waals surface area contributed by atoms with Crippen LogP contribution in [0.2, 0.25) is 0 Å². The van der Waals surface area contributed by atoms with Crippen molar-refractivity contribution in [2.45, 2.75) is 58.1 Å². The molecule has 0 aromatic rings. The summed E-state index contributed by atoms with van der Waals surface area (Å²) in [5.74, 6) is 0.362. The maximum Gasteiger partial charge on any atom is 0.309 e. The molecule has 6 rings (SSSR count). The van der Waals surface area contributed by atoms with Gasteiger partial charge in [-0.2, -0.15) is 0 Å². The minimum atomic E-state index is -0.573. The predicted octanol–water partition coefficient (Wildman–Crippen LogP) is 2.18. The number of methoxy groups -OCH3 is 1. The zero-order chi connectivity index (χ0) is 19.6. The number of allylic oxidation sites excluding steroid dienone is 2. The highest BCUT2D eigenvalue weighted by molar-refractivity contribution is 5.96. The van der Waals surface area contributed by atoms with Crippen LogP contribution in [0, 0.1) is 40.4 Å². The van der Waals surface area contributed by atoms with Gasteiger partial charge >= 0.3 is 5.97 Å². The first-order valence-corrected chi connectivity index (χ1v) is 11.1. The molecule has 2 saturated carbocycles. The number of carbonyl (C=O) groups excluding carboxylic acids is 2. The van der Waals surface area contributed by atoms with Gasteiger partial charge in [-0.05, 0) is 49.9 Å². The largest absolute Gasteiger partial charge is 0.469 e. The molecule has 2 heterocycles. The van der Waals surface area contributed by atoms with E-state index < -0.39 is 11.5 Å². The van der Waals surface area contributed by atoms with Crippen LogP contribution >= 0.6 is 0 Å². The zero-order valence-electron chi connectivity index (χ0n) is 17.1. The molecule has 2 bridgehead atoms. The van der Waals surface area contributed by atoms with Gasteiger partial charge in [0.15, 0.2) is 0 Å². The van der Waals surface area contributed by atoms with Gasteiger partial charge in [0.05, 0.1) is 24.5 Å². The Bertz CT molecular complexity index is 819. The Labute approximate surface area is 166 Å². The summed E-state index contributed by atoms with van der Waals surface area (Å²) in [6, 6.07) is 0.0425. The number of hydrogen-bond donors (Lipinski definition) is 1. The van der Waals surface area contributed by atoms with E-state index in [9.17, 15) is 14.7 Å². The maximum atomic E-state index is 14.3. The summed E-state index contributed by atoms with van der Waals surface area (Å²) < 4.78 is 5.21. The number of esters is 1. The van der Waals surface area contributed by atoms with E-state index in [2.05, 4.69) is 18.7 Å². The minimum Gasteiger partial charge on any atom is -0.469 e. The first-order chi connectivity index (χ1) is 13.4. The molecule has 152 valence electrons. The first-order valence-electron chi connectivity index (χ1n) is 11.1. The van der Waals surface area contributed by atoms with Crippen LogP contribution in [0.3, 0.4) is 0 Å². The number of carbonyl (C=O) groups is 2. The van der Waals surface area contributed by atoms with E-state index in [0.717, 1.165) is 38.8 Å². The quantitative estimate of drug-likeness (QED) is 0.554. The Morgan fingerprint density at radius 3 is 2.75 bits per heavy atom. The summed E-state index contributed by atoms with van der Waals surface area (Å²) in [6.07, 6.45) is 4.22. The molecule has 4 aliphatic carbocycles. The molecule has 9 atom stereocenters. The summed E-state index contributed by atoms with van der Waals surface area (Å²) in [7, 11) is 1.48. The van der Waals surface area contributed by atoms with Crippen LogP contribution < -0.4 is 0 Å². The Hall–Kier alpha value is -1.20. The number of hydrogen-bond acceptors (Lipinski definition) is 5. The smallest absolute Gasteiger partial charge is 0.309 e. The van der Waals surface area contributed by atoms with Gasteiger partial charge in [0.2, 0.25) is 0 Å². The number of Topliss-reactive ketones (excluding diaryl/α,β-unsaturated/α-hetero) is 1. The lowest BCUT2D eigenvalue weighted by atomic mass is 9.44. The highest BCUT2D eigenvalue weighted by Crippen LogP contribution is 2.74. The SMILES string of the molecule is COC(=O)[C@@H]1C[C@@]23C(=O)[C@H]4[C@H](O)[C@H]5N(C[C@@H](CCC6=C2[C@@H]1CC6)[C@]53C)C[C@H]4C. The minimum absolute atomic E-state index is 0.0425. The van der Waals surface area contributed by atoms with Gasteiger partial charge in [-0.1, -0.05) is 25.0 Å². The van der Waals surface area contributed by atoms with E-state index in [0.29, 0.717) is 12.3 Å². The van der Waals surface area contributed by atoms with Crippen molar-refractivity contribution in [1.82, 2.24) is 4.90 Å². The van der Waals surface area contributed by atoms with Crippen molar-refractivity contribution in [3.05, 3.63) is 11.1 Å². The van der Waals surface area contributed by atoms with Gasteiger partial charge in [-0.15, -0.1) is 0 Å². The summed E-state index contributed by atoms with van der Waals surface area (Å²) in [4.78, 5) is 29.6. The molecule has 1 N–H and O–H groups in total. The second kappa shape index (κ2) is 5.28. The van der Waals surface area contributed by atoms with Crippen LogP contribution in [0.1, 0.15) is 46.0 Å². The number of rotatable bonds is 1. The molecule has 0 amide bonds. The first kappa shape index (κ1) is 17.6. The number of nitrogens with zero attached hydrogens (tertiary/aromatic N) is 1. The number of piperidine rings is 1. The number of ketones is 1. The molecule has 5 nitrogen and oxygen atoms in total. The van der Waals surface area contributed by atoms with Gasteiger partial charge in [0, 0.05) is 30.5 Å². The molecule has 2 saturated heterocycles. The van der Waals surface area contributed by atoms with Crippen LogP contribution in [-0.4, -0.2) is 54.1 Å². The molecular weight excluding hydrogens is 354 g/mol. The van der Waals surface area contributed by atoms with Crippen molar-refractivity contribution in [2.24, 2.45) is 40.4 Å². The van der Waals surface area contributed by atoms with Crippen LogP contribution in [0.25, 0.3) is 0 Å². The van der Waals surface area contributed by atoms with Crippen molar-refractivity contribution in [3.8, 4) is 0 Å². The Morgan fingerprint density at radius 2 is 2.00 bits per heavy atom. The average Bonchev–Trinajstić information content (AvgIpc) is 3.28. The normalized spacial score (nSPS) is 54.0. The van der Waals surface area contributed by atoms with Crippen molar-refractivity contribution in [1.29, 1.82) is 0 Å². The van der Waals surface area contributed by atoms with Gasteiger partial charge in [-0.3, -0.25) is 14.5 Å². The molecule has 1 spiro atoms. The van der Waals surface area contributed by atoms with Gasteiger partial charge in [0.25, 0.3) is 0 Å². The van der Waals surface area contributed by atoms with E-state index in [4.69, 9.17) is 4.74 Å². The summed E-state index contributed by atoms with van der Waals surface area (Å²) in [5, 5.41) is 11.3. The number of aliphatic hydroxyl groups is 1. The lowest BCUT2D eigenvalue weighted by Crippen LogP contribution is -2.71. The summed E-state index contributed by atoms with van der Waals surface area (Å²) >= 11 is 0. The van der Waals surface area contributed by atoms with Crippen molar-refractivity contribution >= 4 is 11.8 Å². The second-order valence-electron chi connectivity index (χ2n) is 10.7. The molecule has 0 unspecified atom stereocenters. The molecular formula is C23H31NO4. The van der Waals surface area contributed by atoms with Crippen LogP contribution in [0.15, 0.2) is 11.1 Å². The standard InChI is InChI=1S/C23H31NO4/c1-11-9-24-10-13-6-4-12-5-7-14-15(21(27)28-3)8-23(17(12)14)20(26)16(11)18(25)19(24)22(13,23)2/h11,13-16,18-19,25H,4-10H2,1-3H3/t11-,13-,14-,15-,16-,18+,19-,22-,23+/m1/s1. The van der Waals surface area contributed by atoms with Gasteiger partial charge in [-0.25, -0.2) is 0 Å².